The van der Waals surface area contributed by atoms with Gasteiger partial charge >= 0.3 is 0 Å². The summed E-state index contributed by atoms with van der Waals surface area (Å²) in [5.74, 6) is 8.42. The van der Waals surface area contributed by atoms with Crippen molar-refractivity contribution in [2.24, 2.45) is 64.1 Å². The highest BCUT2D eigenvalue weighted by atomic mass is 16.5. The van der Waals surface area contributed by atoms with E-state index in [2.05, 4.69) is 48.5 Å². The Labute approximate surface area is 207 Å². The topological polar surface area (TPSA) is 9.23 Å². The standard InChI is InChI=1S/C32H58O/c1-9-22(4)25-20-26-28-14-13-27(23(5)12-10-11-21(2)3)31(28,6)18-16-29(26)32(7)17-15-24(33-8)19-30(25)32/h21-30H,9-20H2,1-8H3. The van der Waals surface area contributed by atoms with Crippen molar-refractivity contribution >= 4 is 0 Å². The summed E-state index contributed by atoms with van der Waals surface area (Å²) < 4.78 is 5.96. The highest BCUT2D eigenvalue weighted by molar-refractivity contribution is 5.11. The van der Waals surface area contributed by atoms with Gasteiger partial charge in [0.05, 0.1) is 6.10 Å². The Bertz CT molecular complexity index is 640. The molecule has 0 saturated heterocycles. The molecule has 0 amide bonds. The predicted octanol–water partition coefficient (Wildman–Crippen LogP) is 9.39. The average Bonchev–Trinajstić information content (AvgIpc) is 3.14. The Balaban J connectivity index is 1.55. The lowest BCUT2D eigenvalue weighted by molar-refractivity contribution is -0.163. The van der Waals surface area contributed by atoms with E-state index < -0.39 is 0 Å². The van der Waals surface area contributed by atoms with Gasteiger partial charge in [-0.1, -0.05) is 74.1 Å². The van der Waals surface area contributed by atoms with Gasteiger partial charge in [0.25, 0.3) is 0 Å². The minimum atomic E-state index is 0.516. The number of methoxy groups -OCH3 is 1. The summed E-state index contributed by atoms with van der Waals surface area (Å²) in [5.41, 5.74) is 1.18. The van der Waals surface area contributed by atoms with Crippen LogP contribution in [0.1, 0.15) is 126 Å². The number of rotatable bonds is 8. The summed E-state index contributed by atoms with van der Waals surface area (Å²) in [5, 5.41) is 0. The monoisotopic (exact) mass is 458 g/mol. The largest absolute Gasteiger partial charge is 0.381 e. The molecule has 1 nitrogen and oxygen atoms in total. The van der Waals surface area contributed by atoms with Crippen molar-refractivity contribution in [1.82, 2.24) is 0 Å². The molecule has 0 aromatic carbocycles. The van der Waals surface area contributed by atoms with Crippen LogP contribution in [0.3, 0.4) is 0 Å². The van der Waals surface area contributed by atoms with Gasteiger partial charge in [0, 0.05) is 7.11 Å². The predicted molar refractivity (Wildman–Crippen MR) is 142 cm³/mol. The van der Waals surface area contributed by atoms with Crippen LogP contribution in [-0.2, 0) is 4.74 Å². The highest BCUT2D eigenvalue weighted by Crippen LogP contribution is 2.70. The molecule has 0 bridgehead atoms. The van der Waals surface area contributed by atoms with Crippen LogP contribution in [0.2, 0.25) is 0 Å². The molecule has 0 heterocycles. The summed E-state index contributed by atoms with van der Waals surface area (Å²) in [7, 11) is 1.96. The van der Waals surface area contributed by atoms with Crippen LogP contribution in [0.5, 0.6) is 0 Å². The first-order valence-electron chi connectivity index (χ1n) is 15.2. The summed E-state index contributed by atoms with van der Waals surface area (Å²) in [6.45, 7) is 17.9. The zero-order valence-electron chi connectivity index (χ0n) is 23.7. The van der Waals surface area contributed by atoms with Gasteiger partial charge in [0.1, 0.15) is 0 Å². The number of hydrogen-bond acceptors (Lipinski definition) is 1. The maximum atomic E-state index is 5.96. The van der Waals surface area contributed by atoms with Gasteiger partial charge in [-0.15, -0.1) is 0 Å². The number of ether oxygens (including phenoxy) is 1. The third-order valence-electron chi connectivity index (χ3n) is 12.6. The van der Waals surface area contributed by atoms with Gasteiger partial charge in [0.2, 0.25) is 0 Å². The molecule has 4 aliphatic carbocycles. The van der Waals surface area contributed by atoms with E-state index in [9.17, 15) is 0 Å². The van der Waals surface area contributed by atoms with Crippen molar-refractivity contribution in [3.63, 3.8) is 0 Å². The lowest BCUT2D eigenvalue weighted by Gasteiger charge is -2.64. The van der Waals surface area contributed by atoms with Gasteiger partial charge in [-0.25, -0.2) is 0 Å². The molecule has 4 saturated carbocycles. The van der Waals surface area contributed by atoms with Gasteiger partial charge in [-0.05, 0) is 115 Å². The molecular weight excluding hydrogens is 400 g/mol. The molecule has 4 aliphatic rings. The number of hydrogen-bond donors (Lipinski definition) is 0. The van der Waals surface area contributed by atoms with E-state index >= 15 is 0 Å². The van der Waals surface area contributed by atoms with Crippen LogP contribution >= 0.6 is 0 Å². The SMILES string of the molecule is CCC(C)C1CC2C3CCC(C(C)CCCC(C)C)C3(C)CCC2C2(C)CCC(OC)CC12. The van der Waals surface area contributed by atoms with Crippen molar-refractivity contribution in [2.75, 3.05) is 7.11 Å². The molecule has 0 spiro atoms. The zero-order chi connectivity index (χ0) is 24.0. The maximum Gasteiger partial charge on any atom is 0.0574 e. The first-order valence-corrected chi connectivity index (χ1v) is 15.2. The maximum absolute atomic E-state index is 5.96. The fourth-order valence-electron chi connectivity index (χ4n) is 10.5. The minimum Gasteiger partial charge on any atom is -0.381 e. The second kappa shape index (κ2) is 10.1. The summed E-state index contributed by atoms with van der Waals surface area (Å²) in [6.07, 6.45) is 17.9. The Morgan fingerprint density at radius 3 is 2.15 bits per heavy atom. The number of fused-ring (bicyclic) bond motifs is 5. The van der Waals surface area contributed by atoms with E-state index in [0.29, 0.717) is 16.9 Å². The second-order valence-electron chi connectivity index (χ2n) is 14.4. The molecule has 1 heteroatoms. The van der Waals surface area contributed by atoms with Crippen molar-refractivity contribution < 1.29 is 4.74 Å². The third kappa shape index (κ3) is 4.60. The van der Waals surface area contributed by atoms with Crippen LogP contribution in [0.4, 0.5) is 0 Å². The van der Waals surface area contributed by atoms with E-state index in [4.69, 9.17) is 4.74 Å². The summed E-state index contributed by atoms with van der Waals surface area (Å²) >= 11 is 0. The average molecular weight is 459 g/mol. The molecular formula is C32H58O. The molecule has 33 heavy (non-hydrogen) atoms. The van der Waals surface area contributed by atoms with Crippen molar-refractivity contribution in [3.05, 3.63) is 0 Å². The summed E-state index contributed by atoms with van der Waals surface area (Å²) in [4.78, 5) is 0. The Morgan fingerprint density at radius 1 is 0.788 bits per heavy atom. The van der Waals surface area contributed by atoms with Gasteiger partial charge in [-0.2, -0.15) is 0 Å². The first kappa shape index (κ1) is 26.0. The molecule has 0 radical (unpaired) electrons. The smallest absolute Gasteiger partial charge is 0.0574 e. The Kier molecular flexibility index (Phi) is 8.00. The zero-order valence-corrected chi connectivity index (χ0v) is 23.7. The quantitative estimate of drug-likeness (QED) is 0.352. The minimum absolute atomic E-state index is 0.516. The highest BCUT2D eigenvalue weighted by Gasteiger charge is 2.62. The van der Waals surface area contributed by atoms with Crippen LogP contribution in [0.15, 0.2) is 0 Å². The van der Waals surface area contributed by atoms with E-state index in [1.165, 1.54) is 77.0 Å². The van der Waals surface area contributed by atoms with E-state index in [-0.39, 0.29) is 0 Å². The van der Waals surface area contributed by atoms with E-state index in [1.54, 1.807) is 0 Å². The summed E-state index contributed by atoms with van der Waals surface area (Å²) in [6, 6.07) is 0. The van der Waals surface area contributed by atoms with Crippen LogP contribution in [0.25, 0.3) is 0 Å². The third-order valence-corrected chi connectivity index (χ3v) is 12.6. The van der Waals surface area contributed by atoms with Crippen molar-refractivity contribution in [1.29, 1.82) is 0 Å². The van der Waals surface area contributed by atoms with Crippen LogP contribution in [-0.4, -0.2) is 13.2 Å². The van der Waals surface area contributed by atoms with E-state index in [1.807, 2.05) is 7.11 Å². The first-order chi connectivity index (χ1) is 15.7. The molecule has 4 rings (SSSR count). The van der Waals surface area contributed by atoms with E-state index in [0.717, 1.165) is 53.3 Å². The van der Waals surface area contributed by atoms with Crippen molar-refractivity contribution in [2.45, 2.75) is 132 Å². The molecule has 192 valence electrons. The Hall–Kier alpha value is -0.0400. The van der Waals surface area contributed by atoms with Crippen LogP contribution in [0, 0.1) is 64.1 Å². The lowest BCUT2D eigenvalue weighted by Crippen LogP contribution is -2.57. The molecule has 4 fully saturated rings. The molecule has 11 unspecified atom stereocenters. The second-order valence-corrected chi connectivity index (χ2v) is 14.4. The van der Waals surface area contributed by atoms with Gasteiger partial charge < -0.3 is 4.74 Å². The molecule has 0 N–H and O–H groups in total. The lowest BCUT2D eigenvalue weighted by atomic mass is 9.41. The van der Waals surface area contributed by atoms with Gasteiger partial charge in [0.15, 0.2) is 0 Å². The Morgan fingerprint density at radius 2 is 1.48 bits per heavy atom. The molecule has 11 atom stereocenters. The fourth-order valence-corrected chi connectivity index (χ4v) is 10.5. The fraction of sp³-hybridized carbons (Fsp3) is 1.00. The molecule has 0 aromatic rings. The van der Waals surface area contributed by atoms with Crippen LogP contribution < -0.4 is 0 Å². The molecule has 0 aromatic heterocycles. The van der Waals surface area contributed by atoms with Crippen molar-refractivity contribution in [3.8, 4) is 0 Å². The normalized spacial score (nSPS) is 47.0. The molecule has 0 aliphatic heterocycles. The van der Waals surface area contributed by atoms with Gasteiger partial charge in [-0.3, -0.25) is 0 Å².